The van der Waals surface area contributed by atoms with Gasteiger partial charge in [-0.25, -0.2) is 5.10 Å². The smallest absolute Gasteiger partial charge is 0.216 e. The molecule has 1 aromatic heterocycles. The number of ether oxygens (including phenoxy) is 2. The van der Waals surface area contributed by atoms with Gasteiger partial charge >= 0.3 is 0 Å². The lowest BCUT2D eigenvalue weighted by Crippen LogP contribution is -1.96. The first-order chi connectivity index (χ1) is 12.1. The molecule has 0 radical (unpaired) electrons. The van der Waals surface area contributed by atoms with Crippen molar-refractivity contribution in [3.63, 3.8) is 0 Å². The Kier molecular flexibility index (Phi) is 5.16. The minimum atomic E-state index is 0.390. The Balaban J connectivity index is 1.96. The molecule has 3 rings (SSSR count). The van der Waals surface area contributed by atoms with Crippen molar-refractivity contribution in [2.45, 2.75) is 0 Å². The van der Waals surface area contributed by atoms with Gasteiger partial charge in [0.2, 0.25) is 4.77 Å². The quantitative estimate of drug-likeness (QED) is 0.538. The van der Waals surface area contributed by atoms with Gasteiger partial charge in [0, 0.05) is 10.6 Å². The molecular weight excluding hydrogens is 360 g/mol. The Bertz CT molecular complexity index is 964. The molecule has 0 amide bonds. The fourth-order valence-electron chi connectivity index (χ4n) is 2.24. The summed E-state index contributed by atoms with van der Waals surface area (Å²) in [6.45, 7) is 0. The average Bonchev–Trinajstić information content (AvgIpc) is 3.01. The molecule has 1 heterocycles. The van der Waals surface area contributed by atoms with Gasteiger partial charge in [-0.1, -0.05) is 11.6 Å². The number of nitrogens with zero attached hydrogens (tertiary/aromatic N) is 3. The molecule has 0 bridgehead atoms. The summed E-state index contributed by atoms with van der Waals surface area (Å²) < 4.78 is 12.5. The number of hydrogen-bond donors (Lipinski definition) is 1. The van der Waals surface area contributed by atoms with Crippen LogP contribution in [0.3, 0.4) is 0 Å². The SMILES string of the molecule is COc1ccc(/C=N/n2c(-c3ccc(Cl)cc3)n[nH]c2=S)cc1OC. The number of rotatable bonds is 5. The van der Waals surface area contributed by atoms with Crippen LogP contribution in [-0.2, 0) is 0 Å². The van der Waals surface area contributed by atoms with Crippen molar-refractivity contribution in [2.75, 3.05) is 14.2 Å². The number of hydrogen-bond acceptors (Lipinski definition) is 5. The summed E-state index contributed by atoms with van der Waals surface area (Å²) in [5.41, 5.74) is 1.68. The van der Waals surface area contributed by atoms with Crippen molar-refractivity contribution in [2.24, 2.45) is 5.10 Å². The van der Waals surface area contributed by atoms with E-state index in [1.54, 1.807) is 37.2 Å². The molecule has 0 saturated carbocycles. The van der Waals surface area contributed by atoms with Gasteiger partial charge in [0.05, 0.1) is 20.4 Å². The molecule has 0 atom stereocenters. The predicted molar refractivity (Wildman–Crippen MR) is 100 cm³/mol. The highest BCUT2D eigenvalue weighted by molar-refractivity contribution is 7.71. The van der Waals surface area contributed by atoms with Gasteiger partial charge in [0.25, 0.3) is 0 Å². The van der Waals surface area contributed by atoms with E-state index in [-0.39, 0.29) is 0 Å². The molecule has 3 aromatic rings. The number of methoxy groups -OCH3 is 2. The first-order valence-electron chi connectivity index (χ1n) is 7.32. The summed E-state index contributed by atoms with van der Waals surface area (Å²) in [5, 5.41) is 12.1. The Morgan fingerprint density at radius 3 is 2.52 bits per heavy atom. The maximum Gasteiger partial charge on any atom is 0.216 e. The van der Waals surface area contributed by atoms with Gasteiger partial charge in [-0.05, 0) is 60.2 Å². The molecule has 1 N–H and O–H groups in total. The molecular formula is C17H15ClN4O2S. The average molecular weight is 375 g/mol. The summed E-state index contributed by atoms with van der Waals surface area (Å²) in [4.78, 5) is 0. The third-order valence-electron chi connectivity index (χ3n) is 3.48. The largest absolute Gasteiger partial charge is 0.493 e. The summed E-state index contributed by atoms with van der Waals surface area (Å²) in [6, 6.07) is 12.8. The molecule has 2 aromatic carbocycles. The maximum atomic E-state index is 5.93. The van der Waals surface area contributed by atoms with Crippen LogP contribution in [0.5, 0.6) is 11.5 Å². The second kappa shape index (κ2) is 7.50. The van der Waals surface area contributed by atoms with Crippen molar-refractivity contribution in [1.29, 1.82) is 0 Å². The summed E-state index contributed by atoms with van der Waals surface area (Å²) in [7, 11) is 3.18. The number of nitrogens with one attached hydrogen (secondary N) is 1. The highest BCUT2D eigenvalue weighted by atomic mass is 35.5. The van der Waals surface area contributed by atoms with E-state index in [0.29, 0.717) is 27.1 Å². The molecule has 8 heteroatoms. The highest BCUT2D eigenvalue weighted by Crippen LogP contribution is 2.27. The van der Waals surface area contributed by atoms with Gasteiger partial charge < -0.3 is 9.47 Å². The van der Waals surface area contributed by atoms with Gasteiger partial charge in [0.1, 0.15) is 0 Å². The summed E-state index contributed by atoms with van der Waals surface area (Å²) >= 11 is 11.2. The van der Waals surface area contributed by atoms with Gasteiger partial charge in [0.15, 0.2) is 17.3 Å². The zero-order chi connectivity index (χ0) is 17.8. The van der Waals surface area contributed by atoms with Crippen molar-refractivity contribution in [3.8, 4) is 22.9 Å². The molecule has 25 heavy (non-hydrogen) atoms. The van der Waals surface area contributed by atoms with Gasteiger partial charge in [-0.3, -0.25) is 0 Å². The van der Waals surface area contributed by atoms with E-state index < -0.39 is 0 Å². The minimum Gasteiger partial charge on any atom is -0.493 e. The van der Waals surface area contributed by atoms with Crippen LogP contribution >= 0.6 is 23.8 Å². The van der Waals surface area contributed by atoms with Crippen molar-refractivity contribution in [3.05, 3.63) is 57.8 Å². The monoisotopic (exact) mass is 374 g/mol. The fraction of sp³-hybridized carbons (Fsp3) is 0.118. The van der Waals surface area contributed by atoms with Crippen LogP contribution < -0.4 is 9.47 Å². The number of halogens is 1. The Morgan fingerprint density at radius 1 is 1.12 bits per heavy atom. The number of aromatic nitrogens is 3. The molecule has 128 valence electrons. The van der Waals surface area contributed by atoms with E-state index in [0.717, 1.165) is 11.1 Å². The second-order valence-corrected chi connectivity index (χ2v) is 5.85. The Morgan fingerprint density at radius 2 is 1.84 bits per heavy atom. The molecule has 0 spiro atoms. The predicted octanol–water partition coefficient (Wildman–Crippen LogP) is 4.16. The molecule has 0 unspecified atom stereocenters. The Labute approximate surface area is 154 Å². The van der Waals surface area contributed by atoms with Crippen LogP contribution in [0.15, 0.2) is 47.6 Å². The van der Waals surface area contributed by atoms with Crippen LogP contribution in [-0.4, -0.2) is 35.3 Å². The molecule has 0 aliphatic rings. The van der Waals surface area contributed by atoms with Gasteiger partial charge in [-0.2, -0.15) is 14.9 Å². The van der Waals surface area contributed by atoms with Crippen molar-refractivity contribution < 1.29 is 9.47 Å². The summed E-state index contributed by atoms with van der Waals surface area (Å²) in [5.74, 6) is 1.87. The van der Waals surface area contributed by atoms with Crippen LogP contribution in [0.1, 0.15) is 5.56 Å². The van der Waals surface area contributed by atoms with Crippen LogP contribution in [0, 0.1) is 4.77 Å². The zero-order valence-corrected chi connectivity index (χ0v) is 15.1. The first kappa shape index (κ1) is 17.2. The second-order valence-electron chi connectivity index (χ2n) is 5.03. The molecule has 0 aliphatic heterocycles. The number of benzene rings is 2. The van der Waals surface area contributed by atoms with E-state index in [1.807, 2.05) is 30.3 Å². The standard InChI is InChI=1S/C17H15ClN4O2S/c1-23-14-8-3-11(9-15(14)24-2)10-19-22-16(20-21-17(22)25)12-4-6-13(18)7-5-12/h3-10H,1-2H3,(H,21,25)/b19-10+. The van der Waals surface area contributed by atoms with E-state index in [2.05, 4.69) is 15.3 Å². The molecule has 0 fully saturated rings. The number of H-pyrrole nitrogens is 1. The lowest BCUT2D eigenvalue weighted by molar-refractivity contribution is 0.355. The van der Waals surface area contributed by atoms with E-state index in [9.17, 15) is 0 Å². The Hall–Kier alpha value is -2.64. The van der Waals surface area contributed by atoms with E-state index >= 15 is 0 Å². The van der Waals surface area contributed by atoms with E-state index in [4.69, 9.17) is 33.3 Å². The fourth-order valence-corrected chi connectivity index (χ4v) is 2.55. The lowest BCUT2D eigenvalue weighted by atomic mass is 10.2. The minimum absolute atomic E-state index is 0.390. The molecule has 6 nitrogen and oxygen atoms in total. The third kappa shape index (κ3) is 3.72. The molecule has 0 aliphatic carbocycles. The van der Waals surface area contributed by atoms with Crippen LogP contribution in [0.25, 0.3) is 11.4 Å². The third-order valence-corrected chi connectivity index (χ3v) is 4.00. The summed E-state index contributed by atoms with van der Waals surface area (Å²) in [6.07, 6.45) is 1.67. The lowest BCUT2D eigenvalue weighted by Gasteiger charge is -2.07. The first-order valence-corrected chi connectivity index (χ1v) is 8.10. The van der Waals surface area contributed by atoms with Crippen LogP contribution in [0.4, 0.5) is 0 Å². The maximum absolute atomic E-state index is 5.93. The normalized spacial score (nSPS) is 11.0. The number of aromatic amines is 1. The topological polar surface area (TPSA) is 64.4 Å². The van der Waals surface area contributed by atoms with Crippen LogP contribution in [0.2, 0.25) is 5.02 Å². The molecule has 0 saturated heterocycles. The van der Waals surface area contributed by atoms with Crippen molar-refractivity contribution >= 4 is 30.0 Å². The van der Waals surface area contributed by atoms with Gasteiger partial charge in [-0.15, -0.1) is 0 Å². The van der Waals surface area contributed by atoms with E-state index in [1.165, 1.54) is 0 Å². The zero-order valence-electron chi connectivity index (χ0n) is 13.6. The highest BCUT2D eigenvalue weighted by Gasteiger charge is 2.08. The van der Waals surface area contributed by atoms with Crippen molar-refractivity contribution in [1.82, 2.24) is 14.9 Å².